The summed E-state index contributed by atoms with van der Waals surface area (Å²) in [4.78, 5) is 0. The Morgan fingerprint density at radius 3 is 0.646 bits per heavy atom. The average molecular weight is 1190 g/mol. The van der Waals surface area contributed by atoms with Crippen molar-refractivity contribution in [3.8, 4) is 44.5 Å². The molecule has 0 saturated heterocycles. The van der Waals surface area contributed by atoms with E-state index < -0.39 is 0 Å². The maximum absolute atomic E-state index is 3.06. The van der Waals surface area contributed by atoms with Gasteiger partial charge in [-0.2, -0.15) is 12.1 Å². The Labute approximate surface area is 509 Å². The van der Waals surface area contributed by atoms with Gasteiger partial charge in [0.1, 0.15) is 0 Å². The summed E-state index contributed by atoms with van der Waals surface area (Å²) in [6, 6.07) is 98.6. The molecule has 0 spiro atoms. The minimum absolute atomic E-state index is 0. The van der Waals surface area contributed by atoms with Gasteiger partial charge < -0.3 is 14.9 Å². The first-order valence-electron chi connectivity index (χ1n) is 26.8. The molecule has 82 heavy (non-hydrogen) atoms. The van der Waals surface area contributed by atoms with Gasteiger partial charge in [-0.3, -0.25) is 0 Å². The van der Waals surface area contributed by atoms with Crippen LogP contribution in [0.4, 0.5) is 0 Å². The molecule has 0 aliphatic rings. The quantitative estimate of drug-likeness (QED) is 0.0936. The van der Waals surface area contributed by atoms with Gasteiger partial charge in [-0.15, -0.1) is 69.6 Å². The molecule has 0 nitrogen and oxygen atoms in total. The Kier molecular flexibility index (Phi) is 16.7. The Bertz CT molecular complexity index is 4220. The van der Waals surface area contributed by atoms with Crippen LogP contribution in [0.25, 0.3) is 152 Å². The second-order valence-corrected chi connectivity index (χ2v) is 20.8. The molecular weight excluding hydrogens is 1130 g/mol. The van der Waals surface area contributed by atoms with Crippen molar-refractivity contribution >= 4 is 139 Å². The van der Waals surface area contributed by atoms with E-state index in [9.17, 15) is 0 Å². The average Bonchev–Trinajstić information content (AvgIpc) is 4.06. The van der Waals surface area contributed by atoms with Gasteiger partial charge in [0.25, 0.3) is 0 Å². The molecule has 2 radical (unpaired) electrons. The van der Waals surface area contributed by atoms with Gasteiger partial charge in [-0.05, 0) is 133 Å². The Morgan fingerprint density at radius 1 is 0.244 bits per heavy atom. The summed E-state index contributed by atoms with van der Waals surface area (Å²) in [5.41, 5.74) is 13.1. The molecule has 16 rings (SSSR count). The number of aryl methyl sites for hydroxylation is 2. The molecule has 0 unspecified atom stereocenters. The third-order valence-corrected chi connectivity index (χ3v) is 16.2. The van der Waals surface area contributed by atoms with E-state index >= 15 is 0 Å². The van der Waals surface area contributed by atoms with E-state index in [2.05, 4.69) is 288 Å². The molecule has 4 heteroatoms. The number of hydrogen-bond acceptors (Lipinski definition) is 0. The first-order chi connectivity index (χ1) is 38.5. The van der Waals surface area contributed by atoms with Crippen molar-refractivity contribution in [2.24, 2.45) is 0 Å². The van der Waals surface area contributed by atoms with Crippen LogP contribution in [0.1, 0.15) is 11.1 Å². The number of hydrogen-bond donors (Lipinski definition) is 0. The summed E-state index contributed by atoms with van der Waals surface area (Å²) in [6.45, 7) is 7.50. The zero-order chi connectivity index (χ0) is 52.4. The van der Waals surface area contributed by atoms with E-state index in [0.717, 1.165) is 0 Å². The van der Waals surface area contributed by atoms with Crippen LogP contribution in [0.5, 0.6) is 0 Å². The zero-order valence-corrected chi connectivity index (χ0v) is 51.3. The van der Waals surface area contributed by atoms with Crippen molar-refractivity contribution < 1.29 is 23.3 Å². The van der Waals surface area contributed by atoms with Crippen molar-refractivity contribution in [3.63, 3.8) is 0 Å². The first-order valence-corrected chi connectivity index (χ1v) is 31.0. The summed E-state index contributed by atoms with van der Waals surface area (Å²) >= 11 is 1.36. The Balaban J connectivity index is 0.000000170. The van der Waals surface area contributed by atoms with Crippen molar-refractivity contribution in [3.05, 3.63) is 293 Å². The molecule has 16 aromatic carbocycles. The minimum atomic E-state index is 0. The van der Waals surface area contributed by atoms with E-state index in [1.165, 1.54) is 187 Å². The fourth-order valence-electron chi connectivity index (χ4n) is 13.0. The first kappa shape index (κ1) is 57.3. The Morgan fingerprint density at radius 2 is 0.427 bits per heavy atom. The van der Waals surface area contributed by atoms with Gasteiger partial charge in [0.2, 0.25) is 0 Å². The van der Waals surface area contributed by atoms with Crippen LogP contribution in [0, 0.1) is 28.7 Å². The second kappa shape index (κ2) is 23.9. The zero-order valence-electron chi connectivity index (χ0n) is 46.2. The van der Waals surface area contributed by atoms with Gasteiger partial charge in [-0.1, -0.05) is 254 Å². The summed E-state index contributed by atoms with van der Waals surface area (Å²) in [7, 11) is 0. The molecule has 16 aromatic rings. The molecule has 0 N–H and O–H groups in total. The van der Waals surface area contributed by atoms with E-state index in [-0.39, 0.29) is 39.7 Å². The molecule has 0 aliphatic carbocycles. The fourth-order valence-corrected chi connectivity index (χ4v) is 13.0. The SMILES string of the molecule is Cc1cc2c(-c3c4ccccc4cc4ccccc34)ccc(-c3c4ccccc4cc4ccccc34)c2[cH-]1.Cc1cc2c(-c3c4ccccc4cc4ccccc34)ccc(-c3c4ccccc4cc4ccccc34)c2[cH-]1.Cl.Cl.[CH3-].[CH3-].[Si]=[Zr]. The third kappa shape index (κ3) is 9.66. The predicted octanol–water partition coefficient (Wildman–Crippen LogP) is 23.0. The summed E-state index contributed by atoms with van der Waals surface area (Å²) in [5, 5.41) is 25.9. The van der Waals surface area contributed by atoms with Crippen LogP contribution >= 0.6 is 24.8 Å². The topological polar surface area (TPSA) is 0 Å². The van der Waals surface area contributed by atoms with Crippen LogP contribution in [0.15, 0.2) is 267 Å². The van der Waals surface area contributed by atoms with Crippen molar-refractivity contribution in [2.75, 3.05) is 0 Å². The monoisotopic (exact) mass is 1180 g/mol. The number of halogens is 2. The molecule has 0 aromatic heterocycles. The van der Waals surface area contributed by atoms with E-state index in [4.69, 9.17) is 0 Å². The van der Waals surface area contributed by atoms with Crippen LogP contribution in [-0.4, -0.2) is 6.88 Å². The molecule has 396 valence electrons. The summed E-state index contributed by atoms with van der Waals surface area (Å²) in [6.07, 6.45) is 0. The summed E-state index contributed by atoms with van der Waals surface area (Å²) in [5.74, 6) is 0. The van der Waals surface area contributed by atoms with Gasteiger partial charge >= 0.3 is 30.2 Å². The van der Waals surface area contributed by atoms with Crippen LogP contribution in [0.2, 0.25) is 0 Å². The normalized spacial score (nSPS) is 11.0. The van der Waals surface area contributed by atoms with E-state index in [1.54, 1.807) is 0 Å². The maximum atomic E-state index is 3.06. The summed E-state index contributed by atoms with van der Waals surface area (Å²) < 4.78 is 0. The number of benzene rings is 14. The van der Waals surface area contributed by atoms with Gasteiger partial charge in [0.15, 0.2) is 0 Å². The number of fused-ring (bicyclic) bond motifs is 10. The van der Waals surface area contributed by atoms with Crippen molar-refractivity contribution in [1.29, 1.82) is 0 Å². The second-order valence-electron chi connectivity index (χ2n) is 20.8. The Hall–Kier alpha value is -7.94. The molecule has 0 bridgehead atoms. The van der Waals surface area contributed by atoms with E-state index in [0.29, 0.717) is 0 Å². The van der Waals surface area contributed by atoms with Crippen LogP contribution in [-0.2, 0) is 23.3 Å². The van der Waals surface area contributed by atoms with Crippen LogP contribution < -0.4 is 0 Å². The molecule has 0 atom stereocenters. The molecule has 0 amide bonds. The predicted molar refractivity (Wildman–Crippen MR) is 363 cm³/mol. The molecular formula is C78H58Cl2SiZr-4. The van der Waals surface area contributed by atoms with E-state index in [1.807, 2.05) is 0 Å². The third-order valence-electron chi connectivity index (χ3n) is 16.2. The molecule has 0 saturated carbocycles. The number of rotatable bonds is 4. The molecule has 0 fully saturated rings. The van der Waals surface area contributed by atoms with Gasteiger partial charge in [-0.25, -0.2) is 0 Å². The standard InChI is InChI=1S/2C38H25.2CH3.2ClH.Si.Zr/c2*1-24-20-35-33(37-29-14-6-2-10-25(29)22-26-11-3-7-15-30(26)37)18-19-34(36(35)21-24)38-31-16-8-4-12-27(31)23-28-13-5-9-17-32(28)38;;;;;;/h2*2-23H,1H3;2*1H3;2*1H;;/q4*-1;;;;. The fraction of sp³-hybridized carbons (Fsp3) is 0.0256. The molecule has 0 heterocycles. The van der Waals surface area contributed by atoms with Crippen LogP contribution in [0.3, 0.4) is 0 Å². The van der Waals surface area contributed by atoms with Gasteiger partial charge in [0.05, 0.1) is 0 Å². The van der Waals surface area contributed by atoms with Gasteiger partial charge in [0, 0.05) is 0 Å². The van der Waals surface area contributed by atoms with Crippen molar-refractivity contribution in [2.45, 2.75) is 13.8 Å². The molecule has 0 aliphatic heterocycles. The van der Waals surface area contributed by atoms with Crippen molar-refractivity contribution in [1.82, 2.24) is 0 Å².